The maximum Gasteiger partial charge on any atom is 0.100 e. The highest BCUT2D eigenvalue weighted by Crippen LogP contribution is 2.35. The molecule has 0 saturated carbocycles. The second-order valence-corrected chi connectivity index (χ2v) is 6.23. The highest BCUT2D eigenvalue weighted by Gasteiger charge is 2.25. The van der Waals surface area contributed by atoms with Crippen LogP contribution >= 0.6 is 23.2 Å². The molecule has 1 heterocycles. The zero-order valence-electron chi connectivity index (χ0n) is 12.2. The molecule has 1 saturated heterocycles. The molecule has 3 rings (SSSR count). The van der Waals surface area contributed by atoms with Crippen LogP contribution in [0.1, 0.15) is 30.0 Å². The van der Waals surface area contributed by atoms with Crippen LogP contribution in [-0.4, -0.2) is 18.0 Å². The molecule has 0 radical (unpaired) electrons. The highest BCUT2D eigenvalue weighted by atomic mass is 35.5. The Morgan fingerprint density at radius 1 is 0.864 bits per heavy atom. The summed E-state index contributed by atoms with van der Waals surface area (Å²) in [5, 5.41) is 1.37. The van der Waals surface area contributed by atoms with E-state index in [1.807, 2.05) is 48.5 Å². The normalized spacial score (nSPS) is 16.1. The number of rotatable bonds is 2. The van der Waals surface area contributed by atoms with Gasteiger partial charge in [-0.1, -0.05) is 59.3 Å². The van der Waals surface area contributed by atoms with Crippen molar-refractivity contribution >= 4 is 23.2 Å². The van der Waals surface area contributed by atoms with E-state index in [1.54, 1.807) is 0 Å². The molecule has 0 aliphatic carbocycles. The lowest BCUT2D eigenvalue weighted by Crippen LogP contribution is -2.25. The Morgan fingerprint density at radius 2 is 1.50 bits per heavy atom. The van der Waals surface area contributed by atoms with E-state index in [-0.39, 0.29) is 6.04 Å². The molecule has 2 aromatic rings. The molecule has 22 heavy (non-hydrogen) atoms. The van der Waals surface area contributed by atoms with Gasteiger partial charge in [-0.15, -0.1) is 0 Å². The number of nitrogens with zero attached hydrogens (tertiary/aromatic N) is 1. The largest absolute Gasteiger partial charge is 0.286 e. The molecular formula is C19H17Cl2N. The first-order valence-corrected chi connectivity index (χ1v) is 8.26. The third kappa shape index (κ3) is 3.47. The Balaban J connectivity index is 2.00. The zero-order valence-corrected chi connectivity index (χ0v) is 13.7. The molecule has 0 bridgehead atoms. The van der Waals surface area contributed by atoms with Crippen molar-refractivity contribution < 1.29 is 0 Å². The molecular weight excluding hydrogens is 313 g/mol. The summed E-state index contributed by atoms with van der Waals surface area (Å²) >= 11 is 12.8. The number of hydrogen-bond acceptors (Lipinski definition) is 1. The van der Waals surface area contributed by atoms with E-state index in [1.165, 1.54) is 12.8 Å². The van der Waals surface area contributed by atoms with Crippen molar-refractivity contribution in [1.29, 1.82) is 0 Å². The van der Waals surface area contributed by atoms with Crippen molar-refractivity contribution in [3.8, 4) is 11.8 Å². The summed E-state index contributed by atoms with van der Waals surface area (Å²) in [6.45, 7) is 2.07. The predicted molar refractivity (Wildman–Crippen MR) is 93.3 cm³/mol. The third-order valence-corrected chi connectivity index (χ3v) is 4.57. The van der Waals surface area contributed by atoms with Gasteiger partial charge in [0.15, 0.2) is 0 Å². The molecule has 1 fully saturated rings. The van der Waals surface area contributed by atoms with Crippen molar-refractivity contribution in [2.75, 3.05) is 13.1 Å². The van der Waals surface area contributed by atoms with E-state index in [9.17, 15) is 0 Å². The fraction of sp³-hybridized carbons (Fsp3) is 0.263. The molecule has 1 atom stereocenters. The minimum atomic E-state index is -0.0519. The van der Waals surface area contributed by atoms with Crippen molar-refractivity contribution in [3.63, 3.8) is 0 Å². The Hall–Kier alpha value is -1.46. The van der Waals surface area contributed by atoms with Crippen LogP contribution in [0, 0.1) is 11.8 Å². The van der Waals surface area contributed by atoms with E-state index in [0.717, 1.165) is 24.2 Å². The van der Waals surface area contributed by atoms with E-state index in [0.29, 0.717) is 10.0 Å². The first-order chi connectivity index (χ1) is 10.8. The topological polar surface area (TPSA) is 3.24 Å². The minimum absolute atomic E-state index is 0.0519. The third-order valence-electron chi connectivity index (χ3n) is 3.91. The van der Waals surface area contributed by atoms with Gasteiger partial charge in [0.25, 0.3) is 0 Å². The molecule has 0 N–H and O–H groups in total. The van der Waals surface area contributed by atoms with Crippen LogP contribution in [-0.2, 0) is 0 Å². The first kappa shape index (κ1) is 15.4. The second kappa shape index (κ2) is 7.20. The average molecular weight is 330 g/mol. The molecule has 0 amide bonds. The lowest BCUT2D eigenvalue weighted by atomic mass is 10.0. The van der Waals surface area contributed by atoms with Crippen LogP contribution in [0.25, 0.3) is 0 Å². The van der Waals surface area contributed by atoms with E-state index in [2.05, 4.69) is 16.7 Å². The van der Waals surface area contributed by atoms with Gasteiger partial charge in [0.1, 0.15) is 6.04 Å². The van der Waals surface area contributed by atoms with Crippen LogP contribution in [0.4, 0.5) is 0 Å². The molecule has 0 aromatic heterocycles. The number of likely N-dealkylation sites (tertiary alicyclic amines) is 1. The van der Waals surface area contributed by atoms with Crippen LogP contribution in [0.5, 0.6) is 0 Å². The molecule has 1 nitrogen and oxygen atoms in total. The molecule has 1 aliphatic heterocycles. The lowest BCUT2D eigenvalue weighted by Gasteiger charge is -2.25. The Kier molecular flexibility index (Phi) is 5.05. The van der Waals surface area contributed by atoms with Crippen LogP contribution in [0.15, 0.2) is 48.5 Å². The van der Waals surface area contributed by atoms with E-state index >= 15 is 0 Å². The van der Waals surface area contributed by atoms with Crippen molar-refractivity contribution in [2.45, 2.75) is 18.9 Å². The summed E-state index contributed by atoms with van der Waals surface area (Å²) in [4.78, 5) is 2.36. The van der Waals surface area contributed by atoms with Gasteiger partial charge in [0.05, 0.1) is 0 Å². The second-order valence-electron chi connectivity index (χ2n) is 5.42. The SMILES string of the molecule is Clc1cccc(Cl)c1C(C#Cc1ccccc1)N1CCCC1. The van der Waals surface area contributed by atoms with Gasteiger partial charge >= 0.3 is 0 Å². The van der Waals surface area contributed by atoms with Gasteiger partial charge < -0.3 is 0 Å². The summed E-state index contributed by atoms with van der Waals surface area (Å²) in [5.41, 5.74) is 1.94. The number of benzene rings is 2. The van der Waals surface area contributed by atoms with Gasteiger partial charge in [-0.2, -0.15) is 0 Å². The molecule has 0 spiro atoms. The standard InChI is InChI=1S/C19H17Cl2N/c20-16-9-6-10-17(21)19(16)18(22-13-4-5-14-22)12-11-15-7-2-1-3-8-15/h1-3,6-10,18H,4-5,13-14H2. The number of hydrogen-bond donors (Lipinski definition) is 0. The van der Waals surface area contributed by atoms with E-state index < -0.39 is 0 Å². The van der Waals surface area contributed by atoms with Gasteiger partial charge in [-0.25, -0.2) is 0 Å². The fourth-order valence-electron chi connectivity index (χ4n) is 2.79. The summed E-state index contributed by atoms with van der Waals surface area (Å²) in [5.74, 6) is 6.65. The van der Waals surface area contributed by atoms with Crippen LogP contribution in [0.3, 0.4) is 0 Å². The quantitative estimate of drug-likeness (QED) is 0.686. The Bertz CT molecular complexity index is 674. The monoisotopic (exact) mass is 329 g/mol. The van der Waals surface area contributed by atoms with E-state index in [4.69, 9.17) is 23.2 Å². The molecule has 1 aliphatic rings. The Morgan fingerprint density at radius 3 is 2.14 bits per heavy atom. The van der Waals surface area contributed by atoms with Crippen LogP contribution < -0.4 is 0 Å². The van der Waals surface area contributed by atoms with Crippen molar-refractivity contribution in [1.82, 2.24) is 4.90 Å². The van der Waals surface area contributed by atoms with Crippen molar-refractivity contribution in [3.05, 3.63) is 69.7 Å². The molecule has 2 aromatic carbocycles. The molecule has 3 heteroatoms. The lowest BCUT2D eigenvalue weighted by molar-refractivity contribution is 0.296. The highest BCUT2D eigenvalue weighted by molar-refractivity contribution is 6.36. The van der Waals surface area contributed by atoms with Crippen molar-refractivity contribution in [2.24, 2.45) is 0 Å². The molecule has 1 unspecified atom stereocenters. The summed E-state index contributed by atoms with van der Waals surface area (Å²) in [6, 6.07) is 15.6. The summed E-state index contributed by atoms with van der Waals surface area (Å²) < 4.78 is 0. The zero-order chi connectivity index (χ0) is 15.4. The smallest absolute Gasteiger partial charge is 0.100 e. The number of halogens is 2. The maximum atomic E-state index is 6.41. The summed E-state index contributed by atoms with van der Waals surface area (Å²) in [7, 11) is 0. The maximum absolute atomic E-state index is 6.41. The van der Waals surface area contributed by atoms with Gasteiger partial charge in [0.2, 0.25) is 0 Å². The Labute approximate surface area is 141 Å². The van der Waals surface area contributed by atoms with Crippen LogP contribution in [0.2, 0.25) is 10.0 Å². The van der Waals surface area contributed by atoms with Gasteiger partial charge in [-0.05, 0) is 50.2 Å². The van der Waals surface area contributed by atoms with Gasteiger partial charge in [-0.3, -0.25) is 4.90 Å². The summed E-state index contributed by atoms with van der Waals surface area (Å²) in [6.07, 6.45) is 2.40. The predicted octanol–water partition coefficient (Wildman–Crippen LogP) is 5.18. The average Bonchev–Trinajstić information content (AvgIpc) is 3.05. The molecule has 112 valence electrons. The van der Waals surface area contributed by atoms with Gasteiger partial charge in [0, 0.05) is 21.2 Å². The minimum Gasteiger partial charge on any atom is -0.286 e. The fourth-order valence-corrected chi connectivity index (χ4v) is 3.40. The first-order valence-electron chi connectivity index (χ1n) is 7.50.